The lowest BCUT2D eigenvalue weighted by molar-refractivity contribution is 0.274. The van der Waals surface area contributed by atoms with Crippen LogP contribution in [-0.2, 0) is 16.6 Å². The molecular formula is C13H19ClFNO3S. The van der Waals surface area contributed by atoms with E-state index in [1.807, 2.05) is 6.92 Å². The van der Waals surface area contributed by atoms with Crippen molar-refractivity contribution < 1.29 is 17.9 Å². The lowest BCUT2D eigenvalue weighted by Gasteiger charge is -2.18. The molecule has 0 aromatic heterocycles. The van der Waals surface area contributed by atoms with Gasteiger partial charge in [-0.05, 0) is 18.6 Å². The molecule has 0 radical (unpaired) electrons. The summed E-state index contributed by atoms with van der Waals surface area (Å²) in [6.07, 6.45) is 2.58. The first kappa shape index (κ1) is 17.4. The summed E-state index contributed by atoms with van der Waals surface area (Å²) in [7, 11) is -2.54. The van der Waals surface area contributed by atoms with Crippen LogP contribution >= 0.6 is 11.6 Å². The molecule has 0 saturated carbocycles. The largest absolute Gasteiger partial charge is 0.392 e. The van der Waals surface area contributed by atoms with Crippen molar-refractivity contribution in [1.29, 1.82) is 0 Å². The zero-order valence-electron chi connectivity index (χ0n) is 11.6. The number of nitrogens with zero attached hydrogens (tertiary/aromatic N) is 1. The predicted molar refractivity (Wildman–Crippen MR) is 76.7 cm³/mol. The van der Waals surface area contributed by atoms with E-state index in [0.29, 0.717) is 13.0 Å². The fourth-order valence-corrected chi connectivity index (χ4v) is 3.44. The van der Waals surface area contributed by atoms with Crippen LogP contribution in [0.3, 0.4) is 0 Å². The van der Waals surface area contributed by atoms with Crippen molar-refractivity contribution in [3.63, 3.8) is 0 Å². The molecule has 0 unspecified atom stereocenters. The summed E-state index contributed by atoms with van der Waals surface area (Å²) in [4.78, 5) is -0.493. The van der Waals surface area contributed by atoms with Crippen LogP contribution < -0.4 is 0 Å². The molecule has 0 atom stereocenters. The Bertz CT molecular complexity index is 563. The Balaban J connectivity index is 3.12. The van der Waals surface area contributed by atoms with Crippen LogP contribution in [0.2, 0.25) is 5.02 Å². The number of sulfonamides is 1. The summed E-state index contributed by atoms with van der Waals surface area (Å²) < 4.78 is 39.8. The summed E-state index contributed by atoms with van der Waals surface area (Å²) in [5.41, 5.74) is -0.127. The lowest BCUT2D eigenvalue weighted by atomic mass is 10.2. The highest BCUT2D eigenvalue weighted by atomic mass is 35.5. The number of halogens is 2. The quantitative estimate of drug-likeness (QED) is 0.785. The van der Waals surface area contributed by atoms with Crippen LogP contribution in [0.15, 0.2) is 17.0 Å². The predicted octanol–water partition coefficient (Wildman–Crippen LogP) is 2.78. The number of rotatable bonds is 7. The number of benzene rings is 1. The SMILES string of the molecule is CCCCCN(C)S(=O)(=O)c1cc(Cl)cc(CO)c1F. The lowest BCUT2D eigenvalue weighted by Crippen LogP contribution is -2.29. The van der Waals surface area contributed by atoms with Crippen molar-refractivity contribution in [2.24, 2.45) is 0 Å². The Morgan fingerprint density at radius 3 is 2.55 bits per heavy atom. The van der Waals surface area contributed by atoms with Crippen molar-refractivity contribution in [3.8, 4) is 0 Å². The number of hydrogen-bond acceptors (Lipinski definition) is 3. The third-order valence-electron chi connectivity index (χ3n) is 3.01. The van der Waals surface area contributed by atoms with Crippen LogP contribution in [0.25, 0.3) is 0 Å². The second kappa shape index (κ2) is 7.36. The minimum atomic E-state index is -3.94. The van der Waals surface area contributed by atoms with Gasteiger partial charge in [0, 0.05) is 24.2 Å². The monoisotopic (exact) mass is 323 g/mol. The Labute approximate surface area is 124 Å². The van der Waals surface area contributed by atoms with Gasteiger partial charge in [-0.3, -0.25) is 0 Å². The average molecular weight is 324 g/mol. The first-order valence-corrected chi connectivity index (χ1v) is 8.21. The molecule has 0 heterocycles. The number of hydrogen-bond donors (Lipinski definition) is 1. The molecule has 0 aliphatic rings. The van der Waals surface area contributed by atoms with Gasteiger partial charge in [0.2, 0.25) is 10.0 Å². The molecule has 1 aromatic carbocycles. The van der Waals surface area contributed by atoms with E-state index in [4.69, 9.17) is 16.7 Å². The summed E-state index contributed by atoms with van der Waals surface area (Å²) in [5.74, 6) is -0.945. The molecule has 20 heavy (non-hydrogen) atoms. The fraction of sp³-hybridized carbons (Fsp3) is 0.538. The van der Waals surface area contributed by atoms with E-state index < -0.39 is 27.3 Å². The van der Waals surface area contributed by atoms with Gasteiger partial charge in [-0.15, -0.1) is 0 Å². The molecule has 0 fully saturated rings. The minimum absolute atomic E-state index is 0.0796. The van der Waals surface area contributed by atoms with Gasteiger partial charge >= 0.3 is 0 Å². The van der Waals surface area contributed by atoms with Gasteiger partial charge in [-0.2, -0.15) is 0 Å². The van der Waals surface area contributed by atoms with E-state index in [1.165, 1.54) is 13.1 Å². The molecule has 0 amide bonds. The van der Waals surface area contributed by atoms with Crippen molar-refractivity contribution in [1.82, 2.24) is 4.31 Å². The van der Waals surface area contributed by atoms with Gasteiger partial charge in [0.15, 0.2) is 0 Å². The second-order valence-electron chi connectivity index (χ2n) is 4.57. The second-order valence-corrected chi connectivity index (χ2v) is 7.02. The van der Waals surface area contributed by atoms with Gasteiger partial charge in [0.05, 0.1) is 6.61 Å². The molecule has 0 aliphatic heterocycles. The molecule has 0 saturated heterocycles. The van der Waals surface area contributed by atoms with Crippen molar-refractivity contribution in [2.45, 2.75) is 37.7 Å². The number of unbranched alkanes of at least 4 members (excludes halogenated alkanes) is 2. The molecule has 0 spiro atoms. The normalized spacial score (nSPS) is 12.1. The molecule has 1 rings (SSSR count). The van der Waals surface area contributed by atoms with Gasteiger partial charge in [0.1, 0.15) is 10.7 Å². The third-order valence-corrected chi connectivity index (χ3v) is 5.09. The minimum Gasteiger partial charge on any atom is -0.392 e. The topological polar surface area (TPSA) is 57.6 Å². The third kappa shape index (κ3) is 3.91. The molecular weight excluding hydrogens is 305 g/mol. The highest BCUT2D eigenvalue weighted by Gasteiger charge is 2.26. The Kier molecular flexibility index (Phi) is 6.39. The van der Waals surface area contributed by atoms with Crippen molar-refractivity contribution >= 4 is 21.6 Å². The van der Waals surface area contributed by atoms with E-state index in [1.54, 1.807) is 0 Å². The Hall–Kier alpha value is -0.690. The fourth-order valence-electron chi connectivity index (χ4n) is 1.79. The molecule has 0 aliphatic carbocycles. The summed E-state index contributed by atoms with van der Waals surface area (Å²) >= 11 is 5.78. The number of aliphatic hydroxyl groups excluding tert-OH is 1. The maximum atomic E-state index is 14.1. The maximum absolute atomic E-state index is 14.1. The van der Waals surface area contributed by atoms with E-state index in [-0.39, 0.29) is 10.6 Å². The molecule has 1 N–H and O–H groups in total. The highest BCUT2D eigenvalue weighted by molar-refractivity contribution is 7.89. The molecule has 4 nitrogen and oxygen atoms in total. The van der Waals surface area contributed by atoms with E-state index in [0.717, 1.165) is 23.2 Å². The molecule has 7 heteroatoms. The Morgan fingerprint density at radius 2 is 2.00 bits per heavy atom. The van der Waals surface area contributed by atoms with E-state index in [2.05, 4.69) is 0 Å². The van der Waals surface area contributed by atoms with Crippen LogP contribution in [-0.4, -0.2) is 31.4 Å². The molecule has 114 valence electrons. The zero-order valence-corrected chi connectivity index (χ0v) is 13.1. The first-order valence-electron chi connectivity index (χ1n) is 6.39. The van der Waals surface area contributed by atoms with E-state index in [9.17, 15) is 12.8 Å². The smallest absolute Gasteiger partial charge is 0.245 e. The maximum Gasteiger partial charge on any atom is 0.245 e. The van der Waals surface area contributed by atoms with Gasteiger partial charge in [0.25, 0.3) is 0 Å². The zero-order chi connectivity index (χ0) is 15.3. The standard InChI is InChI=1S/C13H19ClFNO3S/c1-3-4-5-6-16(2)20(18,19)12-8-11(14)7-10(9-17)13(12)15/h7-8,17H,3-6,9H2,1-2H3. The van der Waals surface area contributed by atoms with Crippen molar-refractivity contribution in [3.05, 3.63) is 28.5 Å². The van der Waals surface area contributed by atoms with Crippen molar-refractivity contribution in [2.75, 3.05) is 13.6 Å². The Morgan fingerprint density at radius 1 is 1.35 bits per heavy atom. The van der Waals surface area contributed by atoms with Gasteiger partial charge < -0.3 is 5.11 Å². The number of aliphatic hydroxyl groups is 1. The summed E-state index contributed by atoms with van der Waals surface area (Å²) in [6, 6.07) is 2.29. The molecule has 1 aromatic rings. The van der Waals surface area contributed by atoms with E-state index >= 15 is 0 Å². The van der Waals surface area contributed by atoms with Crippen LogP contribution in [0.5, 0.6) is 0 Å². The average Bonchev–Trinajstić information content (AvgIpc) is 2.40. The molecule has 0 bridgehead atoms. The first-order chi connectivity index (χ1) is 9.34. The van der Waals surface area contributed by atoms with Gasteiger partial charge in [-0.1, -0.05) is 31.4 Å². The van der Waals surface area contributed by atoms with Crippen LogP contribution in [0.4, 0.5) is 4.39 Å². The highest BCUT2D eigenvalue weighted by Crippen LogP contribution is 2.26. The summed E-state index contributed by atoms with van der Waals surface area (Å²) in [5, 5.41) is 9.12. The van der Waals surface area contributed by atoms with Crippen LogP contribution in [0.1, 0.15) is 31.7 Å². The summed E-state index contributed by atoms with van der Waals surface area (Å²) in [6.45, 7) is 1.73. The van der Waals surface area contributed by atoms with Gasteiger partial charge in [-0.25, -0.2) is 17.1 Å². The van der Waals surface area contributed by atoms with Crippen LogP contribution in [0, 0.1) is 5.82 Å².